The van der Waals surface area contributed by atoms with Gasteiger partial charge in [0.2, 0.25) is 0 Å². The average Bonchev–Trinajstić information content (AvgIpc) is 2.12. The number of halogens is 1. The number of aryl methyl sites for hydroxylation is 1. The van der Waals surface area contributed by atoms with E-state index in [1.807, 2.05) is 13.0 Å². The fraction of sp³-hybridized carbons (Fsp3) is 0.636. The summed E-state index contributed by atoms with van der Waals surface area (Å²) < 4.78 is 0. The minimum atomic E-state index is 0.0766. The summed E-state index contributed by atoms with van der Waals surface area (Å²) in [7, 11) is 0. The summed E-state index contributed by atoms with van der Waals surface area (Å²) >= 11 is 6.24. The smallest absolute Gasteiger partial charge is 0.129 e. The molecular formula is C11H18ClN3. The van der Waals surface area contributed by atoms with E-state index in [0.717, 1.165) is 11.5 Å². The van der Waals surface area contributed by atoms with Crippen molar-refractivity contribution in [3.8, 4) is 0 Å². The molecule has 0 saturated carbocycles. The van der Waals surface area contributed by atoms with Gasteiger partial charge in [0, 0.05) is 18.3 Å². The molecule has 0 fully saturated rings. The van der Waals surface area contributed by atoms with E-state index in [1.165, 1.54) is 0 Å². The summed E-state index contributed by atoms with van der Waals surface area (Å²) in [6.07, 6.45) is 1.55. The van der Waals surface area contributed by atoms with Gasteiger partial charge in [0.15, 0.2) is 0 Å². The standard InChI is InChI=1S/C11H18ClN3/c1-8-5-10(15-7-14-8)13-6-9(12)11(2,3)4/h5,7,9H,6H2,1-4H3,(H,13,14,15). The zero-order valence-electron chi connectivity index (χ0n) is 9.71. The number of aromatic nitrogens is 2. The highest BCUT2D eigenvalue weighted by atomic mass is 35.5. The van der Waals surface area contributed by atoms with Crippen molar-refractivity contribution >= 4 is 17.4 Å². The maximum atomic E-state index is 6.24. The van der Waals surface area contributed by atoms with Crippen molar-refractivity contribution in [3.63, 3.8) is 0 Å². The summed E-state index contributed by atoms with van der Waals surface area (Å²) in [4.78, 5) is 8.14. The molecule has 0 spiro atoms. The molecule has 1 N–H and O–H groups in total. The van der Waals surface area contributed by atoms with Crippen LogP contribution in [0.1, 0.15) is 26.5 Å². The lowest BCUT2D eigenvalue weighted by Gasteiger charge is -2.25. The molecule has 1 unspecified atom stereocenters. The van der Waals surface area contributed by atoms with Crippen molar-refractivity contribution in [1.82, 2.24) is 9.97 Å². The van der Waals surface area contributed by atoms with Crippen LogP contribution < -0.4 is 5.32 Å². The van der Waals surface area contributed by atoms with Crippen molar-refractivity contribution in [3.05, 3.63) is 18.1 Å². The first-order chi connectivity index (χ1) is 6.89. The van der Waals surface area contributed by atoms with Gasteiger partial charge >= 0.3 is 0 Å². The number of nitrogens with zero attached hydrogens (tertiary/aromatic N) is 2. The number of alkyl halides is 1. The van der Waals surface area contributed by atoms with Crippen molar-refractivity contribution in [1.29, 1.82) is 0 Å². The Balaban J connectivity index is 2.51. The summed E-state index contributed by atoms with van der Waals surface area (Å²) in [5.74, 6) is 0.831. The van der Waals surface area contributed by atoms with Gasteiger partial charge in [0.25, 0.3) is 0 Å². The third-order valence-electron chi connectivity index (χ3n) is 2.21. The van der Waals surface area contributed by atoms with Crippen LogP contribution in [0, 0.1) is 12.3 Å². The van der Waals surface area contributed by atoms with E-state index < -0.39 is 0 Å². The first-order valence-electron chi connectivity index (χ1n) is 5.06. The first-order valence-corrected chi connectivity index (χ1v) is 5.50. The number of anilines is 1. The van der Waals surface area contributed by atoms with Crippen LogP contribution >= 0.6 is 11.6 Å². The second-order valence-corrected chi connectivity index (χ2v) is 5.29. The second-order valence-electron chi connectivity index (χ2n) is 4.76. The molecule has 0 amide bonds. The Labute approximate surface area is 96.3 Å². The van der Waals surface area contributed by atoms with Gasteiger partial charge in [-0.15, -0.1) is 11.6 Å². The predicted molar refractivity (Wildman–Crippen MR) is 64.4 cm³/mol. The number of hydrogen-bond donors (Lipinski definition) is 1. The Bertz CT molecular complexity index is 320. The van der Waals surface area contributed by atoms with Crippen LogP contribution in [0.25, 0.3) is 0 Å². The van der Waals surface area contributed by atoms with E-state index in [9.17, 15) is 0 Å². The molecule has 15 heavy (non-hydrogen) atoms. The Morgan fingerprint density at radius 1 is 1.40 bits per heavy atom. The van der Waals surface area contributed by atoms with E-state index in [4.69, 9.17) is 11.6 Å². The van der Waals surface area contributed by atoms with Crippen LogP contribution in [0.15, 0.2) is 12.4 Å². The molecule has 1 heterocycles. The molecule has 0 bridgehead atoms. The fourth-order valence-electron chi connectivity index (χ4n) is 1.05. The second kappa shape index (κ2) is 4.79. The summed E-state index contributed by atoms with van der Waals surface area (Å²) in [6.45, 7) is 9.02. The Hall–Kier alpha value is -0.830. The van der Waals surface area contributed by atoms with E-state index in [2.05, 4.69) is 36.1 Å². The van der Waals surface area contributed by atoms with Gasteiger partial charge in [0.05, 0.1) is 5.38 Å². The maximum absolute atomic E-state index is 6.24. The average molecular weight is 228 g/mol. The largest absolute Gasteiger partial charge is 0.368 e. The van der Waals surface area contributed by atoms with Crippen LogP contribution in [0.2, 0.25) is 0 Å². The van der Waals surface area contributed by atoms with Crippen molar-refractivity contribution in [2.24, 2.45) is 5.41 Å². The van der Waals surface area contributed by atoms with E-state index in [-0.39, 0.29) is 10.8 Å². The van der Waals surface area contributed by atoms with Crippen LogP contribution in [0.5, 0.6) is 0 Å². The van der Waals surface area contributed by atoms with Crippen LogP contribution in [0.3, 0.4) is 0 Å². The molecular weight excluding hydrogens is 210 g/mol. The van der Waals surface area contributed by atoms with E-state index >= 15 is 0 Å². The molecule has 0 radical (unpaired) electrons. The summed E-state index contributed by atoms with van der Waals surface area (Å²) in [5, 5.41) is 3.29. The molecule has 1 aromatic heterocycles. The third kappa shape index (κ3) is 4.04. The molecule has 0 saturated heterocycles. The monoisotopic (exact) mass is 227 g/mol. The maximum Gasteiger partial charge on any atom is 0.129 e. The van der Waals surface area contributed by atoms with E-state index in [0.29, 0.717) is 6.54 Å². The molecule has 84 valence electrons. The highest BCUT2D eigenvalue weighted by Gasteiger charge is 2.21. The summed E-state index contributed by atoms with van der Waals surface area (Å²) in [5.41, 5.74) is 1.05. The number of nitrogens with one attached hydrogen (secondary N) is 1. The van der Waals surface area contributed by atoms with Gasteiger partial charge in [-0.1, -0.05) is 20.8 Å². The lowest BCUT2D eigenvalue weighted by atomic mass is 9.92. The Kier molecular flexibility index (Phi) is 3.91. The van der Waals surface area contributed by atoms with Gasteiger partial charge in [-0.3, -0.25) is 0 Å². The normalized spacial score (nSPS) is 13.7. The van der Waals surface area contributed by atoms with Crippen LogP contribution in [-0.2, 0) is 0 Å². The van der Waals surface area contributed by atoms with E-state index in [1.54, 1.807) is 6.33 Å². The van der Waals surface area contributed by atoms with Crippen LogP contribution in [0.4, 0.5) is 5.82 Å². The highest BCUT2D eigenvalue weighted by molar-refractivity contribution is 6.21. The van der Waals surface area contributed by atoms with Gasteiger partial charge in [-0.2, -0.15) is 0 Å². The molecule has 1 atom stereocenters. The zero-order chi connectivity index (χ0) is 11.5. The SMILES string of the molecule is Cc1cc(NCC(Cl)C(C)(C)C)ncn1. The van der Waals surface area contributed by atoms with Gasteiger partial charge in [-0.05, 0) is 12.3 Å². The van der Waals surface area contributed by atoms with Gasteiger partial charge in [0.1, 0.15) is 12.1 Å². The molecule has 3 nitrogen and oxygen atoms in total. The molecule has 0 aliphatic rings. The lowest BCUT2D eigenvalue weighted by molar-refractivity contribution is 0.397. The molecule has 0 aliphatic carbocycles. The zero-order valence-corrected chi connectivity index (χ0v) is 10.5. The predicted octanol–water partition coefficient (Wildman–Crippen LogP) is 2.85. The van der Waals surface area contributed by atoms with Crippen LogP contribution in [-0.4, -0.2) is 21.9 Å². The Morgan fingerprint density at radius 2 is 2.07 bits per heavy atom. The van der Waals surface area contributed by atoms with Crippen molar-refractivity contribution < 1.29 is 0 Å². The molecule has 1 rings (SSSR count). The Morgan fingerprint density at radius 3 is 2.60 bits per heavy atom. The number of hydrogen-bond acceptors (Lipinski definition) is 3. The van der Waals surface area contributed by atoms with Crippen molar-refractivity contribution in [2.75, 3.05) is 11.9 Å². The fourth-order valence-corrected chi connectivity index (χ4v) is 1.13. The minimum absolute atomic E-state index is 0.0766. The van der Waals surface area contributed by atoms with Gasteiger partial charge in [-0.25, -0.2) is 9.97 Å². The summed E-state index contributed by atoms with van der Waals surface area (Å²) in [6, 6.07) is 1.91. The topological polar surface area (TPSA) is 37.8 Å². The first kappa shape index (κ1) is 12.2. The molecule has 1 aromatic rings. The molecule has 0 aromatic carbocycles. The third-order valence-corrected chi connectivity index (χ3v) is 3.01. The lowest BCUT2D eigenvalue weighted by Crippen LogP contribution is -2.28. The highest BCUT2D eigenvalue weighted by Crippen LogP contribution is 2.24. The van der Waals surface area contributed by atoms with Crippen molar-refractivity contribution in [2.45, 2.75) is 33.1 Å². The minimum Gasteiger partial charge on any atom is -0.368 e. The number of rotatable bonds is 3. The quantitative estimate of drug-likeness (QED) is 0.807. The molecule has 4 heteroatoms. The van der Waals surface area contributed by atoms with Gasteiger partial charge < -0.3 is 5.32 Å². The molecule has 0 aliphatic heterocycles.